The number of hydrogen-bond donors (Lipinski definition) is 2. The van der Waals surface area contributed by atoms with Gasteiger partial charge in [-0.1, -0.05) is 29.8 Å². The topological polar surface area (TPSA) is 87.2 Å². The zero-order valence-electron chi connectivity index (χ0n) is 9.97. The van der Waals surface area contributed by atoms with Crippen LogP contribution in [0.25, 0.3) is 0 Å². The van der Waals surface area contributed by atoms with Crippen LogP contribution >= 0.6 is 0 Å². The second-order valence-electron chi connectivity index (χ2n) is 4.04. The van der Waals surface area contributed by atoms with Gasteiger partial charge in [0, 0.05) is 6.54 Å². The first-order valence-corrected chi connectivity index (χ1v) is 6.97. The molecule has 1 rings (SSSR count). The molecule has 0 atom stereocenters. The maximum absolute atomic E-state index is 11.5. The van der Waals surface area contributed by atoms with E-state index in [9.17, 15) is 8.42 Å². The molecule has 0 bridgehead atoms. The minimum absolute atomic E-state index is 0.0767. The van der Waals surface area contributed by atoms with E-state index < -0.39 is 10.0 Å². The third-order valence-electron chi connectivity index (χ3n) is 2.30. The number of nitrogens with one attached hydrogen (secondary N) is 1. The van der Waals surface area contributed by atoms with E-state index in [2.05, 4.69) is 0 Å². The van der Waals surface area contributed by atoms with Crippen LogP contribution in [-0.2, 0) is 16.6 Å². The third kappa shape index (κ3) is 4.54. The van der Waals surface area contributed by atoms with E-state index in [1.54, 1.807) is 0 Å². The molecule has 0 saturated heterocycles. The molecule has 6 heteroatoms. The Morgan fingerprint density at radius 2 is 1.88 bits per heavy atom. The van der Waals surface area contributed by atoms with Gasteiger partial charge in [-0.15, -0.1) is 0 Å². The molecular formula is C11H17N3O2S. The second-order valence-corrected chi connectivity index (χ2v) is 6.02. The van der Waals surface area contributed by atoms with Crippen LogP contribution in [0.5, 0.6) is 0 Å². The van der Waals surface area contributed by atoms with Gasteiger partial charge < -0.3 is 5.73 Å². The van der Waals surface area contributed by atoms with Gasteiger partial charge >= 0.3 is 0 Å². The van der Waals surface area contributed by atoms with Crippen molar-refractivity contribution in [1.29, 1.82) is 5.41 Å². The maximum atomic E-state index is 11.5. The number of nitrogens with zero attached hydrogens (tertiary/aromatic N) is 1. The van der Waals surface area contributed by atoms with E-state index >= 15 is 0 Å². The van der Waals surface area contributed by atoms with E-state index in [-0.39, 0.29) is 18.9 Å². The predicted molar refractivity (Wildman–Crippen MR) is 68.3 cm³/mol. The first-order valence-electron chi connectivity index (χ1n) is 5.12. The van der Waals surface area contributed by atoms with Gasteiger partial charge in [0.15, 0.2) is 0 Å². The summed E-state index contributed by atoms with van der Waals surface area (Å²) in [5.41, 5.74) is 7.24. The number of nitrogens with two attached hydrogens (primary N) is 1. The number of hydrogen-bond acceptors (Lipinski definition) is 3. The Bertz CT molecular complexity index is 494. The summed E-state index contributed by atoms with van der Waals surface area (Å²) >= 11 is 0. The summed E-state index contributed by atoms with van der Waals surface area (Å²) in [4.78, 5) is 0. The smallest absolute Gasteiger partial charge is 0.211 e. The Morgan fingerprint density at radius 3 is 2.29 bits per heavy atom. The van der Waals surface area contributed by atoms with Crippen molar-refractivity contribution in [1.82, 2.24) is 4.31 Å². The van der Waals surface area contributed by atoms with Crippen LogP contribution in [0.1, 0.15) is 11.1 Å². The molecule has 0 amide bonds. The molecule has 0 saturated carbocycles. The van der Waals surface area contributed by atoms with Crippen molar-refractivity contribution in [3.05, 3.63) is 35.4 Å². The molecule has 0 unspecified atom stereocenters. The van der Waals surface area contributed by atoms with Crippen LogP contribution in [-0.4, -0.2) is 31.4 Å². The Balaban J connectivity index is 2.87. The standard InChI is InChI=1S/C11H17N3O2S/c1-9-3-5-10(6-4-9)7-14(8-11(12)13)17(2,15)16/h3-6H,7-8H2,1-2H3,(H3,12,13). The highest BCUT2D eigenvalue weighted by Gasteiger charge is 2.17. The lowest BCUT2D eigenvalue weighted by molar-refractivity contribution is 0.450. The molecular weight excluding hydrogens is 238 g/mol. The van der Waals surface area contributed by atoms with Crippen molar-refractivity contribution in [3.8, 4) is 0 Å². The highest BCUT2D eigenvalue weighted by atomic mass is 32.2. The molecule has 0 spiro atoms. The fraction of sp³-hybridized carbons (Fsp3) is 0.364. The van der Waals surface area contributed by atoms with Crippen LogP contribution in [0.4, 0.5) is 0 Å². The Hall–Kier alpha value is -1.40. The first kappa shape index (κ1) is 13.7. The minimum atomic E-state index is -3.36. The number of benzene rings is 1. The van der Waals surface area contributed by atoms with Gasteiger partial charge in [0.25, 0.3) is 0 Å². The summed E-state index contributed by atoms with van der Waals surface area (Å²) < 4.78 is 24.2. The van der Waals surface area contributed by atoms with Crippen LogP contribution in [0.3, 0.4) is 0 Å². The molecule has 3 N–H and O–H groups in total. The number of sulfonamides is 1. The fourth-order valence-electron chi connectivity index (χ4n) is 1.38. The van der Waals surface area contributed by atoms with E-state index in [1.807, 2.05) is 31.2 Å². The molecule has 0 aliphatic rings. The van der Waals surface area contributed by atoms with Crippen molar-refractivity contribution in [2.24, 2.45) is 5.73 Å². The van der Waals surface area contributed by atoms with Crippen molar-refractivity contribution in [3.63, 3.8) is 0 Å². The van der Waals surface area contributed by atoms with E-state index in [0.717, 1.165) is 17.4 Å². The Kier molecular flexibility index (Phi) is 4.25. The summed E-state index contributed by atoms with van der Waals surface area (Å²) in [6, 6.07) is 7.58. The summed E-state index contributed by atoms with van der Waals surface area (Å²) in [6.07, 6.45) is 1.12. The van der Waals surface area contributed by atoms with Gasteiger partial charge in [-0.25, -0.2) is 8.42 Å². The molecule has 94 valence electrons. The SMILES string of the molecule is Cc1ccc(CN(CC(=N)N)S(C)(=O)=O)cc1. The first-order chi connectivity index (χ1) is 7.79. The molecule has 1 aromatic carbocycles. The van der Waals surface area contributed by atoms with Crippen LogP contribution < -0.4 is 5.73 Å². The maximum Gasteiger partial charge on any atom is 0.211 e. The van der Waals surface area contributed by atoms with Gasteiger partial charge in [-0.05, 0) is 12.5 Å². The summed E-state index contributed by atoms with van der Waals surface area (Å²) in [5.74, 6) is -0.164. The summed E-state index contributed by atoms with van der Waals surface area (Å²) in [5, 5.41) is 7.18. The molecule has 1 aromatic rings. The lowest BCUT2D eigenvalue weighted by Gasteiger charge is -2.19. The second kappa shape index (κ2) is 5.29. The molecule has 0 aliphatic carbocycles. The van der Waals surface area contributed by atoms with Crippen molar-refractivity contribution in [2.45, 2.75) is 13.5 Å². The van der Waals surface area contributed by atoms with Gasteiger partial charge in [0.2, 0.25) is 10.0 Å². The third-order valence-corrected chi connectivity index (χ3v) is 3.49. The van der Waals surface area contributed by atoms with Crippen molar-refractivity contribution < 1.29 is 8.42 Å². The molecule has 17 heavy (non-hydrogen) atoms. The van der Waals surface area contributed by atoms with Crippen molar-refractivity contribution in [2.75, 3.05) is 12.8 Å². The zero-order valence-corrected chi connectivity index (χ0v) is 10.8. The average molecular weight is 255 g/mol. The quantitative estimate of drug-likeness (QED) is 0.599. The predicted octanol–water partition coefficient (Wildman–Crippen LogP) is 0.693. The van der Waals surface area contributed by atoms with Crippen LogP contribution in [0.15, 0.2) is 24.3 Å². The summed E-state index contributed by atoms with van der Waals surface area (Å²) in [7, 11) is -3.36. The lowest BCUT2D eigenvalue weighted by Crippen LogP contribution is -2.36. The highest BCUT2D eigenvalue weighted by molar-refractivity contribution is 7.88. The Labute approximate surface area is 102 Å². The largest absolute Gasteiger partial charge is 0.387 e. The van der Waals surface area contributed by atoms with Crippen LogP contribution in [0, 0.1) is 12.3 Å². The molecule has 0 fully saturated rings. The minimum Gasteiger partial charge on any atom is -0.387 e. The van der Waals surface area contributed by atoms with Crippen molar-refractivity contribution >= 4 is 15.9 Å². The normalized spacial score (nSPS) is 11.7. The molecule has 5 nitrogen and oxygen atoms in total. The van der Waals surface area contributed by atoms with E-state index in [0.29, 0.717) is 0 Å². The van der Waals surface area contributed by atoms with Gasteiger partial charge in [0.05, 0.1) is 12.8 Å². The fourth-order valence-corrected chi connectivity index (χ4v) is 2.13. The average Bonchev–Trinajstić information content (AvgIpc) is 2.18. The highest BCUT2D eigenvalue weighted by Crippen LogP contribution is 2.09. The Morgan fingerprint density at radius 1 is 1.35 bits per heavy atom. The molecule has 0 aliphatic heterocycles. The van der Waals surface area contributed by atoms with Crippen LogP contribution in [0.2, 0.25) is 0 Å². The monoisotopic (exact) mass is 255 g/mol. The van der Waals surface area contributed by atoms with Gasteiger partial charge in [-0.3, -0.25) is 5.41 Å². The van der Waals surface area contributed by atoms with E-state index in [4.69, 9.17) is 11.1 Å². The number of aryl methyl sites for hydroxylation is 1. The zero-order chi connectivity index (χ0) is 13.1. The molecule has 0 aromatic heterocycles. The van der Waals surface area contributed by atoms with Gasteiger partial charge in [-0.2, -0.15) is 4.31 Å². The number of amidine groups is 1. The van der Waals surface area contributed by atoms with E-state index in [1.165, 1.54) is 4.31 Å². The van der Waals surface area contributed by atoms with Gasteiger partial charge in [0.1, 0.15) is 5.84 Å². The number of rotatable bonds is 5. The molecule has 0 radical (unpaired) electrons. The molecule has 0 heterocycles. The lowest BCUT2D eigenvalue weighted by atomic mass is 10.1. The summed E-state index contributed by atoms with van der Waals surface area (Å²) in [6.45, 7) is 2.12.